The summed E-state index contributed by atoms with van der Waals surface area (Å²) in [6, 6.07) is 14.9. The van der Waals surface area contributed by atoms with Gasteiger partial charge < -0.3 is 14.3 Å². The Morgan fingerprint density at radius 3 is 2.55 bits per heavy atom. The van der Waals surface area contributed by atoms with Gasteiger partial charge in [-0.2, -0.15) is 5.26 Å². The zero-order valence-corrected chi connectivity index (χ0v) is 17.9. The molecule has 1 aromatic heterocycles. The lowest BCUT2D eigenvalue weighted by Crippen LogP contribution is -2.48. The summed E-state index contributed by atoms with van der Waals surface area (Å²) < 4.78 is 11.1. The van der Waals surface area contributed by atoms with Crippen LogP contribution in [0.2, 0.25) is 5.02 Å². The van der Waals surface area contributed by atoms with E-state index in [1.54, 1.807) is 42.5 Å². The second kappa shape index (κ2) is 9.67. The van der Waals surface area contributed by atoms with Gasteiger partial charge in [0.25, 0.3) is 5.91 Å². The highest BCUT2D eigenvalue weighted by atomic mass is 35.5. The molecule has 1 atom stereocenters. The summed E-state index contributed by atoms with van der Waals surface area (Å²) in [6.07, 6.45) is 0.308. The zero-order chi connectivity index (χ0) is 22.5. The van der Waals surface area contributed by atoms with Gasteiger partial charge in [0.2, 0.25) is 0 Å². The summed E-state index contributed by atoms with van der Waals surface area (Å²) in [5, 5.41) is 19.9. The number of nitriles is 1. The van der Waals surface area contributed by atoms with E-state index in [-0.39, 0.29) is 17.2 Å². The smallest absolute Gasteiger partial charge is 0.269 e. The van der Waals surface area contributed by atoms with Gasteiger partial charge in [-0.05, 0) is 49.2 Å². The molecule has 3 N–H and O–H groups in total. The van der Waals surface area contributed by atoms with Gasteiger partial charge in [-0.15, -0.1) is 0 Å². The highest BCUT2D eigenvalue weighted by Gasteiger charge is 2.26. The van der Waals surface area contributed by atoms with Crippen molar-refractivity contribution in [1.82, 2.24) is 5.01 Å². The molecule has 0 aliphatic carbocycles. The highest BCUT2D eigenvalue weighted by molar-refractivity contribution is 6.34. The molecule has 3 aromatic rings. The van der Waals surface area contributed by atoms with Gasteiger partial charge in [0.05, 0.1) is 47.5 Å². The van der Waals surface area contributed by atoms with Gasteiger partial charge in [-0.3, -0.25) is 9.80 Å². The molecule has 0 saturated carbocycles. The fourth-order valence-corrected chi connectivity index (χ4v) is 3.44. The summed E-state index contributed by atoms with van der Waals surface area (Å²) in [5.74, 6) is 7.24. The van der Waals surface area contributed by atoms with E-state index in [1.807, 2.05) is 13.0 Å². The number of hydrogen-bond donors (Lipinski definition) is 2. The van der Waals surface area contributed by atoms with Gasteiger partial charge in [0.1, 0.15) is 17.3 Å². The highest BCUT2D eigenvalue weighted by Crippen LogP contribution is 2.36. The van der Waals surface area contributed by atoms with Crippen LogP contribution < -0.4 is 10.6 Å². The molecular formula is C23H22ClN3O4. The number of aryl methyl sites for hydroxylation is 1. The number of aliphatic hydroxyl groups excluding tert-OH is 1. The Hall–Kier alpha value is -3.31. The monoisotopic (exact) mass is 439 g/mol. The van der Waals surface area contributed by atoms with Crippen LogP contribution >= 0.6 is 11.6 Å². The van der Waals surface area contributed by atoms with Crippen LogP contribution in [0.15, 0.2) is 52.9 Å². The maximum absolute atomic E-state index is 13.1. The Kier molecular flexibility index (Phi) is 6.98. The Morgan fingerprint density at radius 1 is 1.29 bits per heavy atom. The molecule has 8 heteroatoms. The number of furan rings is 1. The molecule has 1 amide bonds. The van der Waals surface area contributed by atoms with Gasteiger partial charge in [0, 0.05) is 6.07 Å². The van der Waals surface area contributed by atoms with E-state index in [9.17, 15) is 9.90 Å². The number of ether oxygens (including phenoxy) is 1. The molecule has 0 unspecified atom stereocenters. The van der Waals surface area contributed by atoms with Gasteiger partial charge in [0.15, 0.2) is 0 Å². The summed E-state index contributed by atoms with van der Waals surface area (Å²) in [6.45, 7) is 1.47. The van der Waals surface area contributed by atoms with Crippen molar-refractivity contribution in [2.45, 2.75) is 19.4 Å². The number of carbonyl (C=O) groups excluding carboxylic acids is 1. The van der Waals surface area contributed by atoms with E-state index in [4.69, 9.17) is 31.9 Å². The van der Waals surface area contributed by atoms with E-state index in [1.165, 1.54) is 13.2 Å². The van der Waals surface area contributed by atoms with Crippen LogP contribution in [0, 0.1) is 18.3 Å². The molecule has 0 aliphatic rings. The maximum atomic E-state index is 13.1. The minimum atomic E-state index is -0.687. The number of benzene rings is 2. The first-order chi connectivity index (χ1) is 14.9. The average Bonchev–Trinajstić information content (AvgIpc) is 3.22. The van der Waals surface area contributed by atoms with Crippen LogP contribution in [0.3, 0.4) is 0 Å². The minimum absolute atomic E-state index is 0.160. The van der Waals surface area contributed by atoms with Crippen molar-refractivity contribution in [2.24, 2.45) is 5.84 Å². The van der Waals surface area contributed by atoms with Crippen molar-refractivity contribution >= 4 is 17.5 Å². The van der Waals surface area contributed by atoms with Crippen LogP contribution in [0.5, 0.6) is 5.75 Å². The van der Waals surface area contributed by atoms with Crippen molar-refractivity contribution in [1.29, 1.82) is 5.26 Å². The van der Waals surface area contributed by atoms with E-state index < -0.39 is 11.9 Å². The first-order valence-electron chi connectivity index (χ1n) is 9.50. The van der Waals surface area contributed by atoms with Crippen molar-refractivity contribution in [3.8, 4) is 23.1 Å². The van der Waals surface area contributed by atoms with Gasteiger partial charge in [-0.1, -0.05) is 23.7 Å². The van der Waals surface area contributed by atoms with Crippen molar-refractivity contribution in [3.05, 3.63) is 76.0 Å². The number of carbonyl (C=O) groups is 1. The molecule has 3 rings (SSSR count). The third kappa shape index (κ3) is 4.89. The maximum Gasteiger partial charge on any atom is 0.269 e. The SMILES string of the molecule is COc1cc(Cl)c(C(=O)N(N)[C@@H](CO)Cc2ccc(C#N)cc2)cc1-c1ccc(C)o1. The molecular weight excluding hydrogens is 418 g/mol. The normalized spacial score (nSPS) is 11.6. The van der Waals surface area contributed by atoms with E-state index in [0.717, 1.165) is 10.6 Å². The van der Waals surface area contributed by atoms with Crippen LogP contribution in [-0.2, 0) is 6.42 Å². The topological polar surface area (TPSA) is 113 Å². The summed E-state index contributed by atoms with van der Waals surface area (Å²) >= 11 is 6.35. The number of halogens is 1. The largest absolute Gasteiger partial charge is 0.496 e. The number of amides is 1. The first-order valence-corrected chi connectivity index (χ1v) is 9.88. The molecule has 0 spiro atoms. The second-order valence-corrected chi connectivity index (χ2v) is 7.41. The van der Waals surface area contributed by atoms with Crippen molar-refractivity contribution in [3.63, 3.8) is 0 Å². The number of nitrogens with zero attached hydrogens (tertiary/aromatic N) is 2. The predicted octanol–water partition coefficient (Wildman–Crippen LogP) is 3.71. The molecule has 1 heterocycles. The van der Waals surface area contributed by atoms with Crippen molar-refractivity contribution < 1.29 is 19.1 Å². The summed E-state index contributed by atoms with van der Waals surface area (Å²) in [5.41, 5.74) is 2.07. The fourth-order valence-electron chi connectivity index (χ4n) is 3.20. The Balaban J connectivity index is 1.90. The number of hydrazine groups is 1. The third-order valence-corrected chi connectivity index (χ3v) is 5.23. The molecule has 2 aromatic carbocycles. The molecule has 0 bridgehead atoms. The number of rotatable bonds is 7. The standard InChI is InChI=1S/C23H22ClN3O4/c1-14-3-8-21(31-14)19-10-18(20(24)11-22(19)30-2)23(29)27(26)17(13-28)9-15-4-6-16(12-25)7-5-15/h3-8,10-11,17,28H,9,13,26H2,1-2H3/t17-/m1/s1. The molecule has 0 radical (unpaired) electrons. The molecule has 0 fully saturated rings. The zero-order valence-electron chi connectivity index (χ0n) is 17.1. The first kappa shape index (κ1) is 22.4. The molecule has 160 valence electrons. The van der Waals surface area contributed by atoms with E-state index in [0.29, 0.717) is 34.8 Å². The van der Waals surface area contributed by atoms with Crippen LogP contribution in [0.1, 0.15) is 27.2 Å². The summed E-state index contributed by atoms with van der Waals surface area (Å²) in [4.78, 5) is 13.1. The molecule has 0 aliphatic heterocycles. The molecule has 31 heavy (non-hydrogen) atoms. The van der Waals surface area contributed by atoms with Gasteiger partial charge in [-0.25, -0.2) is 5.84 Å². The Labute approximate surface area is 185 Å². The lowest BCUT2D eigenvalue weighted by molar-refractivity contribution is 0.0592. The van der Waals surface area contributed by atoms with Gasteiger partial charge >= 0.3 is 0 Å². The van der Waals surface area contributed by atoms with E-state index >= 15 is 0 Å². The van der Waals surface area contributed by atoms with Crippen LogP contribution in [-0.4, -0.2) is 35.8 Å². The Bertz CT molecular complexity index is 1120. The minimum Gasteiger partial charge on any atom is -0.496 e. The average molecular weight is 440 g/mol. The number of aliphatic hydroxyl groups is 1. The number of methoxy groups -OCH3 is 1. The Morgan fingerprint density at radius 2 is 2.00 bits per heavy atom. The lowest BCUT2D eigenvalue weighted by Gasteiger charge is -2.27. The summed E-state index contributed by atoms with van der Waals surface area (Å²) in [7, 11) is 1.50. The fraction of sp³-hybridized carbons (Fsp3) is 0.217. The van der Waals surface area contributed by atoms with Crippen molar-refractivity contribution in [2.75, 3.05) is 13.7 Å². The number of hydrogen-bond acceptors (Lipinski definition) is 6. The molecule has 0 saturated heterocycles. The second-order valence-electron chi connectivity index (χ2n) is 7.00. The predicted molar refractivity (Wildman–Crippen MR) is 117 cm³/mol. The van der Waals surface area contributed by atoms with Crippen LogP contribution in [0.4, 0.5) is 0 Å². The molecule has 7 nitrogen and oxygen atoms in total. The number of nitrogens with two attached hydrogens (primary N) is 1. The van der Waals surface area contributed by atoms with E-state index in [2.05, 4.69) is 0 Å². The lowest BCUT2D eigenvalue weighted by atomic mass is 10.0. The van der Waals surface area contributed by atoms with Crippen LogP contribution in [0.25, 0.3) is 11.3 Å². The third-order valence-electron chi connectivity index (χ3n) is 4.92. The quantitative estimate of drug-likeness (QED) is 0.329.